The Bertz CT molecular complexity index is 1670. The molecule has 3 aromatic rings. The number of fused-ring (bicyclic) bond motifs is 1. The van der Waals surface area contributed by atoms with Crippen LogP contribution in [-0.4, -0.2) is 52.3 Å². The summed E-state index contributed by atoms with van der Waals surface area (Å²) >= 11 is 0. The molecule has 0 fully saturated rings. The minimum atomic E-state index is -4.03. The molecular weight excluding hydrogens is 551 g/mol. The van der Waals surface area contributed by atoms with Crippen LogP contribution in [0, 0.1) is 11.3 Å². The number of nitrogens with one attached hydrogen (secondary N) is 4. The van der Waals surface area contributed by atoms with Crippen molar-refractivity contribution in [1.82, 2.24) is 14.9 Å². The van der Waals surface area contributed by atoms with Gasteiger partial charge in [0.1, 0.15) is 11.3 Å². The van der Waals surface area contributed by atoms with Crippen LogP contribution in [0.25, 0.3) is 11.0 Å². The average Bonchev–Trinajstić information content (AvgIpc) is 2.91. The van der Waals surface area contributed by atoms with E-state index in [0.29, 0.717) is 5.39 Å². The van der Waals surface area contributed by atoms with Crippen LogP contribution in [0.5, 0.6) is 5.75 Å². The molecule has 0 spiro atoms. The summed E-state index contributed by atoms with van der Waals surface area (Å²) in [5.74, 6) is 2.64. The van der Waals surface area contributed by atoms with E-state index in [1.165, 1.54) is 55.4 Å². The Morgan fingerprint density at radius 3 is 2.55 bits per heavy atom. The Morgan fingerprint density at radius 2 is 1.93 bits per heavy atom. The van der Waals surface area contributed by atoms with E-state index in [1.54, 1.807) is 0 Å². The van der Waals surface area contributed by atoms with E-state index < -0.39 is 39.5 Å². The predicted molar refractivity (Wildman–Crippen MR) is 142 cm³/mol. The van der Waals surface area contributed by atoms with Crippen LogP contribution in [0.3, 0.4) is 0 Å². The first-order valence-electron chi connectivity index (χ1n) is 11.3. The average molecular weight is 577 g/mol. The van der Waals surface area contributed by atoms with Gasteiger partial charge in [-0.3, -0.25) is 9.52 Å². The Morgan fingerprint density at radius 1 is 1.20 bits per heavy atom. The second-order valence-corrected chi connectivity index (χ2v) is 9.90. The normalized spacial score (nSPS) is 11.7. The molecule has 6 N–H and O–H groups in total. The Labute approximate surface area is 226 Å². The van der Waals surface area contributed by atoms with E-state index in [-0.39, 0.29) is 46.7 Å². The molecule has 0 aliphatic rings. The molecule has 0 unspecified atom stereocenters. The first kappa shape index (κ1) is 29.7. The third kappa shape index (κ3) is 6.75. The number of carbonyl (C=O) groups excluding carboxylic acids is 2. The smallest absolute Gasteiger partial charge is 0.414 e. The fraction of sp³-hybridized carbons (Fsp3) is 0.217. The van der Waals surface area contributed by atoms with Crippen LogP contribution in [0.4, 0.5) is 14.9 Å². The molecule has 17 heteroatoms. The van der Waals surface area contributed by atoms with E-state index in [1.807, 2.05) is 9.44 Å². The van der Waals surface area contributed by atoms with Crippen molar-refractivity contribution in [2.75, 3.05) is 25.9 Å². The molecule has 0 radical (unpaired) electrons. The number of carbonyl (C=O) groups is 2. The van der Waals surface area contributed by atoms with E-state index in [0.717, 1.165) is 7.05 Å². The van der Waals surface area contributed by atoms with Gasteiger partial charge in [0.25, 0.3) is 22.0 Å². The Kier molecular flexibility index (Phi) is 9.12. The summed E-state index contributed by atoms with van der Waals surface area (Å²) in [7, 11) is 0.0789. The number of amidine groups is 1. The van der Waals surface area contributed by atoms with Crippen LogP contribution in [-0.2, 0) is 28.0 Å². The first-order valence-corrected chi connectivity index (χ1v) is 12.8. The van der Waals surface area contributed by atoms with E-state index in [9.17, 15) is 22.8 Å². The molecule has 0 atom stereocenters. The number of hydrazone groups is 1. The largest absolute Gasteiger partial charge is 0.422 e. The van der Waals surface area contributed by atoms with Crippen LogP contribution < -0.4 is 31.0 Å². The molecule has 40 heavy (non-hydrogen) atoms. The van der Waals surface area contributed by atoms with Crippen molar-refractivity contribution >= 4 is 44.7 Å². The number of hydrogen-bond acceptors (Lipinski definition) is 10. The van der Waals surface area contributed by atoms with E-state index in [2.05, 4.69) is 15.5 Å². The molecule has 2 aromatic carbocycles. The highest BCUT2D eigenvalue weighted by atomic mass is 32.2. The maximum atomic E-state index is 15.3. The van der Waals surface area contributed by atoms with Gasteiger partial charge in [-0.15, -0.1) is 5.11 Å². The molecule has 2 amide bonds. The van der Waals surface area contributed by atoms with Crippen molar-refractivity contribution in [2.24, 2.45) is 16.1 Å². The van der Waals surface area contributed by atoms with Gasteiger partial charge in [0.2, 0.25) is 0 Å². The fourth-order valence-electron chi connectivity index (χ4n) is 3.49. The molecule has 0 aliphatic carbocycles. The van der Waals surface area contributed by atoms with Crippen molar-refractivity contribution in [3.05, 3.63) is 69.3 Å². The lowest BCUT2D eigenvalue weighted by molar-refractivity contribution is -0.115. The van der Waals surface area contributed by atoms with Gasteiger partial charge in [-0.1, -0.05) is 12.1 Å². The van der Waals surface area contributed by atoms with E-state index >= 15 is 4.39 Å². The highest BCUT2D eigenvalue weighted by Gasteiger charge is 2.21. The lowest BCUT2D eigenvalue weighted by atomic mass is 9.97. The maximum Gasteiger partial charge on any atom is 0.414 e. The number of amides is 2. The highest BCUT2D eigenvalue weighted by Crippen LogP contribution is 2.28. The SMILES string of the molecule is CNS(=O)(=O)Nc1cccc(Cc2c(CNC(=O)C(N=N)=NN)c3ccc(OC(=O)N(C)C)cc3oc2=O)c1F. The molecule has 1 heterocycles. The molecule has 3 rings (SSSR count). The van der Waals surface area contributed by atoms with Crippen LogP contribution in [0.1, 0.15) is 16.7 Å². The second-order valence-electron chi connectivity index (χ2n) is 8.28. The van der Waals surface area contributed by atoms with Gasteiger partial charge in [0, 0.05) is 51.1 Å². The van der Waals surface area contributed by atoms with Gasteiger partial charge < -0.3 is 25.2 Å². The molecule has 15 nitrogen and oxygen atoms in total. The van der Waals surface area contributed by atoms with Crippen LogP contribution in [0.2, 0.25) is 0 Å². The van der Waals surface area contributed by atoms with Gasteiger partial charge in [0.15, 0.2) is 5.82 Å². The lowest BCUT2D eigenvalue weighted by Crippen LogP contribution is -2.31. The summed E-state index contributed by atoms with van der Waals surface area (Å²) < 4.78 is 53.7. The summed E-state index contributed by atoms with van der Waals surface area (Å²) in [5, 5.41) is 8.78. The Hall–Kier alpha value is -4.90. The second kappa shape index (κ2) is 12.3. The zero-order valence-corrected chi connectivity index (χ0v) is 22.3. The number of halogens is 1. The van der Waals surface area contributed by atoms with Crippen LogP contribution in [0.15, 0.2) is 55.8 Å². The number of hydrogen-bond donors (Lipinski definition) is 5. The monoisotopic (exact) mass is 576 g/mol. The zero-order valence-electron chi connectivity index (χ0n) is 21.4. The molecule has 1 aromatic heterocycles. The molecule has 0 saturated carbocycles. The maximum absolute atomic E-state index is 15.3. The Balaban J connectivity index is 2.12. The van der Waals surface area contributed by atoms with Gasteiger partial charge in [0.05, 0.1) is 5.69 Å². The molecule has 0 aliphatic heterocycles. The van der Waals surface area contributed by atoms with Gasteiger partial charge in [-0.05, 0) is 29.3 Å². The number of anilines is 1. The predicted octanol–water partition coefficient (Wildman–Crippen LogP) is 1.38. The van der Waals surface area contributed by atoms with Crippen LogP contribution >= 0.6 is 0 Å². The summed E-state index contributed by atoms with van der Waals surface area (Å²) in [6.45, 7) is -0.324. The summed E-state index contributed by atoms with van der Waals surface area (Å²) in [6.07, 6.45) is -1.04. The van der Waals surface area contributed by atoms with Crippen molar-refractivity contribution in [1.29, 1.82) is 5.53 Å². The van der Waals surface area contributed by atoms with Gasteiger partial charge in [-0.2, -0.15) is 13.5 Å². The number of nitrogens with two attached hydrogens (primary N) is 1. The third-order valence-electron chi connectivity index (χ3n) is 5.48. The number of nitrogens with zero attached hydrogens (tertiary/aromatic N) is 3. The quantitative estimate of drug-likeness (QED) is 0.0656. The van der Waals surface area contributed by atoms with Gasteiger partial charge in [-0.25, -0.2) is 24.2 Å². The topological polar surface area (TPSA) is 222 Å². The minimum Gasteiger partial charge on any atom is -0.422 e. The van der Waals surface area contributed by atoms with Crippen molar-refractivity contribution in [3.8, 4) is 5.75 Å². The first-order chi connectivity index (χ1) is 18.9. The number of benzene rings is 2. The standard InChI is InChI=1S/C23H25FN8O7S/c1-27-40(36,37)31-17-6-4-5-12(19(17)24)9-15-16(11-28-21(33)20(29-25)30-26)14-8-7-13(38-23(35)32(2)3)10-18(14)39-22(15)34/h4-8,10,25,27,31H,9,11,26H2,1-3H3,(H,28,33). The third-order valence-corrected chi connectivity index (χ3v) is 6.50. The fourth-order valence-corrected chi connectivity index (χ4v) is 4.04. The lowest BCUT2D eigenvalue weighted by Gasteiger charge is -2.15. The molecule has 212 valence electrons. The minimum absolute atomic E-state index is 0.00375. The summed E-state index contributed by atoms with van der Waals surface area (Å²) in [5.41, 5.74) is 5.83. The molecule has 0 saturated heterocycles. The highest BCUT2D eigenvalue weighted by molar-refractivity contribution is 7.90. The number of ether oxygens (including phenoxy) is 1. The van der Waals surface area contributed by atoms with Crippen molar-refractivity contribution in [2.45, 2.75) is 13.0 Å². The van der Waals surface area contributed by atoms with Crippen molar-refractivity contribution in [3.63, 3.8) is 0 Å². The molecular formula is C23H25FN8O7S. The van der Waals surface area contributed by atoms with Crippen molar-refractivity contribution < 1.29 is 31.6 Å². The summed E-state index contributed by atoms with van der Waals surface area (Å²) in [6, 6.07) is 8.14. The number of rotatable bonds is 8. The van der Waals surface area contributed by atoms with E-state index in [4.69, 9.17) is 20.5 Å². The zero-order chi connectivity index (χ0) is 29.6. The summed E-state index contributed by atoms with van der Waals surface area (Å²) in [4.78, 5) is 38.6. The van der Waals surface area contributed by atoms with Gasteiger partial charge >= 0.3 is 11.7 Å². The molecule has 0 bridgehead atoms.